The molecule has 86 valence electrons. The molecule has 1 aromatic heterocycles. The fourth-order valence-electron chi connectivity index (χ4n) is 1.11. The molecule has 0 bridgehead atoms. The van der Waals surface area contributed by atoms with Crippen molar-refractivity contribution in [3.05, 3.63) is 35.2 Å². The predicted molar refractivity (Wildman–Crippen MR) is 63.2 cm³/mol. The van der Waals surface area contributed by atoms with Crippen molar-refractivity contribution < 1.29 is 8.78 Å². The van der Waals surface area contributed by atoms with E-state index in [-0.39, 0.29) is 5.56 Å². The van der Waals surface area contributed by atoms with Crippen LogP contribution >= 0.6 is 11.3 Å². The molecule has 0 spiro atoms. The molecule has 0 radical (unpaired) electrons. The lowest BCUT2D eigenvalue weighted by molar-refractivity contribution is 0.585. The summed E-state index contributed by atoms with van der Waals surface area (Å²) in [5, 5.41) is 2.00. The largest absolute Gasteiger partial charge is 0.375 e. The Balaban J connectivity index is 0.000000606. The number of thiazole rings is 1. The summed E-state index contributed by atoms with van der Waals surface area (Å²) in [6.45, 7) is 4.00. The van der Waals surface area contributed by atoms with E-state index in [0.717, 1.165) is 6.07 Å². The van der Waals surface area contributed by atoms with Gasteiger partial charge in [0.25, 0.3) is 0 Å². The summed E-state index contributed by atoms with van der Waals surface area (Å²) in [6, 6.07) is 3.36. The molecule has 0 aliphatic rings. The van der Waals surface area contributed by atoms with Gasteiger partial charge in [0, 0.05) is 17.0 Å². The van der Waals surface area contributed by atoms with E-state index in [0.29, 0.717) is 10.8 Å². The van der Waals surface area contributed by atoms with Crippen molar-refractivity contribution in [2.45, 2.75) is 13.8 Å². The van der Waals surface area contributed by atoms with Gasteiger partial charge in [-0.1, -0.05) is 13.8 Å². The van der Waals surface area contributed by atoms with Crippen LogP contribution in [0.1, 0.15) is 13.8 Å². The molecule has 1 heterocycles. The SMILES string of the molecule is CC.Nc1nc(-c2ccc(F)cc2F)cs1. The summed E-state index contributed by atoms with van der Waals surface area (Å²) in [5.41, 5.74) is 6.11. The Morgan fingerprint density at radius 1 is 1.25 bits per heavy atom. The molecule has 0 unspecified atom stereocenters. The first-order valence-electron chi connectivity index (χ1n) is 4.83. The van der Waals surface area contributed by atoms with E-state index in [9.17, 15) is 8.78 Å². The smallest absolute Gasteiger partial charge is 0.180 e. The molecule has 1 aromatic carbocycles. The van der Waals surface area contributed by atoms with Crippen LogP contribution in [0.5, 0.6) is 0 Å². The van der Waals surface area contributed by atoms with Crippen LogP contribution in [0.2, 0.25) is 0 Å². The molecular formula is C11H12F2N2S. The number of aromatic nitrogens is 1. The zero-order valence-electron chi connectivity index (χ0n) is 9.00. The number of nitrogens with two attached hydrogens (primary N) is 1. The highest BCUT2D eigenvalue weighted by Gasteiger charge is 2.08. The lowest BCUT2D eigenvalue weighted by Crippen LogP contribution is -1.87. The van der Waals surface area contributed by atoms with E-state index in [1.54, 1.807) is 5.38 Å². The van der Waals surface area contributed by atoms with Crippen molar-refractivity contribution >= 4 is 16.5 Å². The van der Waals surface area contributed by atoms with Crippen LogP contribution in [0.15, 0.2) is 23.6 Å². The third kappa shape index (κ3) is 2.76. The predicted octanol–water partition coefficient (Wildman–Crippen LogP) is 3.70. The van der Waals surface area contributed by atoms with E-state index >= 15 is 0 Å². The first-order valence-corrected chi connectivity index (χ1v) is 5.71. The molecule has 2 rings (SSSR count). The summed E-state index contributed by atoms with van der Waals surface area (Å²) in [7, 11) is 0. The molecular weight excluding hydrogens is 230 g/mol. The Kier molecular flexibility index (Phi) is 4.37. The highest BCUT2D eigenvalue weighted by Crippen LogP contribution is 2.25. The van der Waals surface area contributed by atoms with Crippen LogP contribution in [-0.2, 0) is 0 Å². The Bertz CT molecular complexity index is 469. The second-order valence-electron chi connectivity index (χ2n) is 2.70. The molecule has 2 nitrogen and oxygen atoms in total. The topological polar surface area (TPSA) is 38.9 Å². The molecule has 0 saturated heterocycles. The van der Waals surface area contributed by atoms with Crippen LogP contribution in [-0.4, -0.2) is 4.98 Å². The van der Waals surface area contributed by atoms with Gasteiger partial charge >= 0.3 is 0 Å². The molecule has 0 fully saturated rings. The van der Waals surface area contributed by atoms with Crippen molar-refractivity contribution in [3.8, 4) is 11.3 Å². The van der Waals surface area contributed by atoms with Gasteiger partial charge < -0.3 is 5.73 Å². The molecule has 2 N–H and O–H groups in total. The summed E-state index contributed by atoms with van der Waals surface area (Å²) >= 11 is 1.22. The molecule has 0 aliphatic heterocycles. The maximum Gasteiger partial charge on any atom is 0.180 e. The lowest BCUT2D eigenvalue weighted by Gasteiger charge is -1.98. The Morgan fingerprint density at radius 2 is 1.94 bits per heavy atom. The Morgan fingerprint density at radius 3 is 2.44 bits per heavy atom. The fraction of sp³-hybridized carbons (Fsp3) is 0.182. The average Bonchev–Trinajstić information content (AvgIpc) is 2.68. The van der Waals surface area contributed by atoms with E-state index in [4.69, 9.17) is 5.73 Å². The maximum atomic E-state index is 13.2. The maximum absolute atomic E-state index is 13.2. The van der Waals surface area contributed by atoms with Crippen LogP contribution < -0.4 is 5.73 Å². The van der Waals surface area contributed by atoms with Gasteiger partial charge in [0.1, 0.15) is 11.6 Å². The summed E-state index contributed by atoms with van der Waals surface area (Å²) in [6.07, 6.45) is 0. The van der Waals surface area contributed by atoms with Crippen molar-refractivity contribution in [1.29, 1.82) is 0 Å². The quantitative estimate of drug-likeness (QED) is 0.828. The van der Waals surface area contributed by atoms with Crippen molar-refractivity contribution in [2.75, 3.05) is 5.73 Å². The summed E-state index contributed by atoms with van der Waals surface area (Å²) in [4.78, 5) is 3.91. The molecule has 16 heavy (non-hydrogen) atoms. The van der Waals surface area contributed by atoms with Gasteiger partial charge in [0.2, 0.25) is 0 Å². The number of benzene rings is 1. The van der Waals surface area contributed by atoms with Crippen molar-refractivity contribution in [3.63, 3.8) is 0 Å². The first-order chi connectivity index (χ1) is 7.66. The number of nitrogens with zero attached hydrogens (tertiary/aromatic N) is 1. The van der Waals surface area contributed by atoms with Crippen LogP contribution in [0.3, 0.4) is 0 Å². The van der Waals surface area contributed by atoms with E-state index in [1.165, 1.54) is 23.5 Å². The first kappa shape index (κ1) is 12.6. The van der Waals surface area contributed by atoms with Crippen molar-refractivity contribution in [2.24, 2.45) is 0 Å². The number of hydrogen-bond acceptors (Lipinski definition) is 3. The Labute approximate surface area is 96.8 Å². The van der Waals surface area contributed by atoms with Gasteiger partial charge in [-0.05, 0) is 12.1 Å². The normalized spacial score (nSPS) is 9.50. The number of nitrogen functional groups attached to an aromatic ring is 1. The molecule has 0 aliphatic carbocycles. The summed E-state index contributed by atoms with van der Waals surface area (Å²) < 4.78 is 25.8. The van der Waals surface area contributed by atoms with E-state index in [1.807, 2.05) is 13.8 Å². The lowest BCUT2D eigenvalue weighted by atomic mass is 10.1. The Hall–Kier alpha value is -1.49. The zero-order chi connectivity index (χ0) is 12.1. The molecule has 0 saturated carbocycles. The third-order valence-electron chi connectivity index (χ3n) is 1.73. The number of anilines is 1. The molecule has 0 amide bonds. The number of hydrogen-bond donors (Lipinski definition) is 1. The zero-order valence-corrected chi connectivity index (χ0v) is 9.81. The minimum Gasteiger partial charge on any atom is -0.375 e. The van der Waals surface area contributed by atoms with Gasteiger partial charge in [0.15, 0.2) is 5.13 Å². The third-order valence-corrected chi connectivity index (χ3v) is 2.40. The average molecular weight is 242 g/mol. The van der Waals surface area contributed by atoms with Gasteiger partial charge in [-0.3, -0.25) is 0 Å². The summed E-state index contributed by atoms with van der Waals surface area (Å²) in [5.74, 6) is -1.23. The van der Waals surface area contributed by atoms with Gasteiger partial charge in [-0.25, -0.2) is 13.8 Å². The standard InChI is InChI=1S/C9H6F2N2S.C2H6/c10-5-1-2-6(7(11)3-5)8-4-14-9(12)13-8;1-2/h1-4H,(H2,12,13);1-2H3. The van der Waals surface area contributed by atoms with Gasteiger partial charge in [-0.15, -0.1) is 11.3 Å². The number of halogens is 2. The highest BCUT2D eigenvalue weighted by molar-refractivity contribution is 7.13. The molecule has 0 atom stereocenters. The second-order valence-corrected chi connectivity index (χ2v) is 3.58. The fourth-order valence-corrected chi connectivity index (χ4v) is 1.67. The highest BCUT2D eigenvalue weighted by atomic mass is 32.1. The van der Waals surface area contributed by atoms with Crippen molar-refractivity contribution in [1.82, 2.24) is 4.98 Å². The minimum atomic E-state index is -0.629. The molecule has 5 heteroatoms. The van der Waals surface area contributed by atoms with E-state index in [2.05, 4.69) is 4.98 Å². The van der Waals surface area contributed by atoms with Crippen LogP contribution in [0, 0.1) is 11.6 Å². The molecule has 2 aromatic rings. The minimum absolute atomic E-state index is 0.263. The monoisotopic (exact) mass is 242 g/mol. The number of rotatable bonds is 1. The van der Waals surface area contributed by atoms with E-state index < -0.39 is 11.6 Å². The van der Waals surface area contributed by atoms with Crippen LogP contribution in [0.4, 0.5) is 13.9 Å². The van der Waals surface area contributed by atoms with Gasteiger partial charge in [-0.2, -0.15) is 0 Å². The van der Waals surface area contributed by atoms with Crippen LogP contribution in [0.25, 0.3) is 11.3 Å². The van der Waals surface area contributed by atoms with Gasteiger partial charge in [0.05, 0.1) is 5.69 Å². The second kappa shape index (κ2) is 5.55.